The molecule has 1 amide bonds. The number of halogens is 1. The van der Waals surface area contributed by atoms with Crippen LogP contribution < -0.4 is 5.32 Å². The number of carbonyl (C=O) groups is 1. The summed E-state index contributed by atoms with van der Waals surface area (Å²) in [5, 5.41) is 3.82. The summed E-state index contributed by atoms with van der Waals surface area (Å²) in [7, 11) is 0. The summed E-state index contributed by atoms with van der Waals surface area (Å²) >= 11 is 6.18. The maximum Gasteiger partial charge on any atom is 0.228 e. The number of carbonyl (C=O) groups excluding carboxylic acids is 1. The van der Waals surface area contributed by atoms with Gasteiger partial charge in [-0.05, 0) is 43.5 Å². The third-order valence-corrected chi connectivity index (χ3v) is 5.32. The van der Waals surface area contributed by atoms with Crippen molar-refractivity contribution in [2.45, 2.75) is 39.0 Å². The quantitative estimate of drug-likeness (QED) is 0.666. The van der Waals surface area contributed by atoms with Gasteiger partial charge < -0.3 is 5.32 Å². The molecule has 1 aliphatic rings. The summed E-state index contributed by atoms with van der Waals surface area (Å²) in [6.45, 7) is 2.03. The molecule has 1 aromatic carbocycles. The first-order valence-corrected chi connectivity index (χ1v) is 9.55. The Morgan fingerprint density at radius 3 is 2.77 bits per heavy atom. The molecule has 0 spiro atoms. The van der Waals surface area contributed by atoms with E-state index in [1.54, 1.807) is 0 Å². The number of aromatic nitrogens is 2. The maximum absolute atomic E-state index is 12.9. The lowest BCUT2D eigenvalue weighted by Gasteiger charge is -2.21. The van der Waals surface area contributed by atoms with Gasteiger partial charge in [-0.25, -0.2) is 4.98 Å². The summed E-state index contributed by atoms with van der Waals surface area (Å²) in [5.41, 5.74) is 3.57. The molecular weight excluding hydrogens is 346 g/mol. The lowest BCUT2D eigenvalue weighted by molar-refractivity contribution is -0.120. The van der Waals surface area contributed by atoms with Crippen LogP contribution in [-0.4, -0.2) is 15.3 Å². The van der Waals surface area contributed by atoms with E-state index in [-0.39, 0.29) is 11.8 Å². The number of hydrogen-bond acceptors (Lipinski definition) is 2. The Balaban J connectivity index is 1.78. The van der Waals surface area contributed by atoms with Crippen molar-refractivity contribution in [2.24, 2.45) is 5.92 Å². The second-order valence-electron chi connectivity index (χ2n) is 7.08. The Morgan fingerprint density at radius 2 is 2.00 bits per heavy atom. The second kappa shape index (κ2) is 7.12. The minimum Gasteiger partial charge on any atom is -0.310 e. The molecule has 0 radical (unpaired) electrons. The van der Waals surface area contributed by atoms with Gasteiger partial charge in [0.05, 0.1) is 0 Å². The number of nitrogens with one attached hydrogen (secondary N) is 1. The molecule has 4 nitrogen and oxygen atoms in total. The molecule has 0 bridgehead atoms. The Morgan fingerprint density at radius 1 is 1.19 bits per heavy atom. The molecular formula is C21H22ClN3O. The number of fused-ring (bicyclic) bond motifs is 1. The van der Waals surface area contributed by atoms with Gasteiger partial charge >= 0.3 is 0 Å². The molecule has 1 aliphatic carbocycles. The fourth-order valence-corrected chi connectivity index (χ4v) is 3.88. The minimum atomic E-state index is 0.0892. The highest BCUT2D eigenvalue weighted by Crippen LogP contribution is 2.32. The number of nitrogens with zero attached hydrogens (tertiary/aromatic N) is 2. The first kappa shape index (κ1) is 17.1. The van der Waals surface area contributed by atoms with E-state index < -0.39 is 0 Å². The average Bonchev–Trinajstić information content (AvgIpc) is 3.00. The Bertz CT molecular complexity index is 957. The topological polar surface area (TPSA) is 46.4 Å². The highest BCUT2D eigenvalue weighted by Gasteiger charge is 2.24. The van der Waals surface area contributed by atoms with Crippen molar-refractivity contribution < 1.29 is 4.79 Å². The molecule has 0 atom stereocenters. The van der Waals surface area contributed by atoms with Crippen LogP contribution in [0.2, 0.25) is 5.02 Å². The number of imidazole rings is 1. The van der Waals surface area contributed by atoms with E-state index in [9.17, 15) is 4.79 Å². The fraction of sp³-hybridized carbons (Fsp3) is 0.333. The lowest BCUT2D eigenvalue weighted by Crippen LogP contribution is -2.25. The first-order chi connectivity index (χ1) is 12.6. The molecule has 2 aromatic heterocycles. The zero-order valence-electron chi connectivity index (χ0n) is 14.8. The number of aryl methyl sites for hydroxylation is 1. The molecule has 1 saturated carbocycles. The molecule has 26 heavy (non-hydrogen) atoms. The van der Waals surface area contributed by atoms with Crippen LogP contribution in [-0.2, 0) is 4.79 Å². The van der Waals surface area contributed by atoms with Gasteiger partial charge in [-0.15, -0.1) is 0 Å². The van der Waals surface area contributed by atoms with Gasteiger partial charge in [-0.2, -0.15) is 0 Å². The number of hydrogen-bond donors (Lipinski definition) is 1. The number of amides is 1. The first-order valence-electron chi connectivity index (χ1n) is 9.17. The molecule has 4 rings (SSSR count). The van der Waals surface area contributed by atoms with Crippen molar-refractivity contribution in [1.82, 2.24) is 9.38 Å². The highest BCUT2D eigenvalue weighted by atomic mass is 35.5. The third kappa shape index (κ3) is 3.34. The molecule has 5 heteroatoms. The van der Waals surface area contributed by atoms with Crippen molar-refractivity contribution in [3.05, 3.63) is 53.2 Å². The zero-order chi connectivity index (χ0) is 18.1. The molecule has 0 aliphatic heterocycles. The van der Waals surface area contributed by atoms with Gasteiger partial charge in [0, 0.05) is 22.7 Å². The van der Waals surface area contributed by atoms with Gasteiger partial charge in [0.15, 0.2) is 0 Å². The standard InChI is InChI=1S/C21H22ClN3O/c1-14-10-11-18-23-19(16-8-5-9-17(22)12-16)20(25(18)13-14)24-21(26)15-6-3-2-4-7-15/h5,8-13,15H,2-4,6-7H2,1H3,(H,24,26). The van der Waals surface area contributed by atoms with Crippen molar-refractivity contribution in [1.29, 1.82) is 0 Å². The number of pyridine rings is 1. The van der Waals surface area contributed by atoms with E-state index in [0.717, 1.165) is 54.0 Å². The average molecular weight is 368 g/mol. The monoisotopic (exact) mass is 367 g/mol. The predicted octanol–water partition coefficient (Wildman–Crippen LogP) is 5.48. The summed E-state index contributed by atoms with van der Waals surface area (Å²) < 4.78 is 1.96. The smallest absolute Gasteiger partial charge is 0.228 e. The van der Waals surface area contributed by atoms with E-state index in [1.165, 1.54) is 6.42 Å². The van der Waals surface area contributed by atoms with Crippen LogP contribution in [0, 0.1) is 12.8 Å². The maximum atomic E-state index is 12.9. The Hall–Kier alpha value is -2.33. The molecule has 3 aromatic rings. The van der Waals surface area contributed by atoms with Crippen LogP contribution >= 0.6 is 11.6 Å². The molecule has 1 fully saturated rings. The largest absolute Gasteiger partial charge is 0.310 e. The number of rotatable bonds is 3. The van der Waals surface area contributed by atoms with Crippen molar-refractivity contribution in [3.63, 3.8) is 0 Å². The molecule has 1 N–H and O–H groups in total. The summed E-state index contributed by atoms with van der Waals surface area (Å²) in [6.07, 6.45) is 7.43. The lowest BCUT2D eigenvalue weighted by atomic mass is 9.88. The van der Waals surface area contributed by atoms with E-state index in [2.05, 4.69) is 5.32 Å². The molecule has 0 unspecified atom stereocenters. The number of anilines is 1. The summed E-state index contributed by atoms with van der Waals surface area (Å²) in [4.78, 5) is 17.6. The van der Waals surface area contributed by atoms with E-state index >= 15 is 0 Å². The van der Waals surface area contributed by atoms with E-state index in [1.807, 2.05) is 53.9 Å². The van der Waals surface area contributed by atoms with Crippen LogP contribution in [0.5, 0.6) is 0 Å². The third-order valence-electron chi connectivity index (χ3n) is 5.08. The summed E-state index contributed by atoms with van der Waals surface area (Å²) in [6, 6.07) is 11.6. The van der Waals surface area contributed by atoms with Gasteiger partial charge in [0.1, 0.15) is 17.2 Å². The van der Waals surface area contributed by atoms with Gasteiger partial charge in [-0.1, -0.05) is 49.1 Å². The van der Waals surface area contributed by atoms with Gasteiger partial charge in [0.2, 0.25) is 5.91 Å². The van der Waals surface area contributed by atoms with Crippen molar-refractivity contribution in [3.8, 4) is 11.3 Å². The van der Waals surface area contributed by atoms with Crippen LogP contribution in [0.1, 0.15) is 37.7 Å². The Labute approximate surface area is 158 Å². The van der Waals surface area contributed by atoms with E-state index in [0.29, 0.717) is 5.02 Å². The molecule has 2 heterocycles. The number of benzene rings is 1. The van der Waals surface area contributed by atoms with Crippen LogP contribution in [0.4, 0.5) is 5.82 Å². The summed E-state index contributed by atoms with van der Waals surface area (Å²) in [5.74, 6) is 0.907. The van der Waals surface area contributed by atoms with Crippen LogP contribution in [0.25, 0.3) is 16.9 Å². The SMILES string of the molecule is Cc1ccc2nc(-c3cccc(Cl)c3)c(NC(=O)C3CCCCC3)n2c1. The van der Waals surface area contributed by atoms with Crippen LogP contribution in [0.15, 0.2) is 42.6 Å². The fourth-order valence-electron chi connectivity index (χ4n) is 3.69. The normalized spacial score (nSPS) is 15.3. The van der Waals surface area contributed by atoms with E-state index in [4.69, 9.17) is 16.6 Å². The highest BCUT2D eigenvalue weighted by molar-refractivity contribution is 6.30. The van der Waals surface area contributed by atoms with Gasteiger partial charge in [-0.3, -0.25) is 9.20 Å². The van der Waals surface area contributed by atoms with Crippen LogP contribution in [0.3, 0.4) is 0 Å². The van der Waals surface area contributed by atoms with Gasteiger partial charge in [0.25, 0.3) is 0 Å². The van der Waals surface area contributed by atoms with Crippen molar-refractivity contribution in [2.75, 3.05) is 5.32 Å². The minimum absolute atomic E-state index is 0.0892. The molecule has 0 saturated heterocycles. The zero-order valence-corrected chi connectivity index (χ0v) is 15.6. The second-order valence-corrected chi connectivity index (χ2v) is 7.51. The molecule has 134 valence electrons. The Kier molecular flexibility index (Phi) is 4.68. The predicted molar refractivity (Wildman–Crippen MR) is 106 cm³/mol. The van der Waals surface area contributed by atoms with Crippen molar-refractivity contribution >= 4 is 29.0 Å².